The van der Waals surface area contributed by atoms with Gasteiger partial charge in [0.05, 0.1) is 12.1 Å². The van der Waals surface area contributed by atoms with Crippen LogP contribution in [0.25, 0.3) is 0 Å². The lowest BCUT2D eigenvalue weighted by molar-refractivity contribution is -0.0328. The predicted octanol–water partition coefficient (Wildman–Crippen LogP) is 2.68. The highest BCUT2D eigenvalue weighted by atomic mass is 32.2. The fourth-order valence-corrected chi connectivity index (χ4v) is 1.71. The minimum Gasteiger partial charge on any atom is -0.391 e. The van der Waals surface area contributed by atoms with Gasteiger partial charge in [-0.05, 0) is 36.4 Å². The summed E-state index contributed by atoms with van der Waals surface area (Å²) in [5.74, 6) is 0. The minimum atomic E-state index is -4.28. The average molecular weight is 251 g/mol. The molecule has 2 atom stereocenters. The molecule has 0 amide bonds. The Bertz CT molecular complexity index is 337. The van der Waals surface area contributed by atoms with E-state index in [0.29, 0.717) is 5.56 Å². The molecular weight excluding hydrogens is 239 g/mol. The topological polar surface area (TPSA) is 46.2 Å². The molecule has 0 unspecified atom stereocenters. The quantitative estimate of drug-likeness (QED) is 0.812. The third kappa shape index (κ3) is 4.03. The molecule has 0 heterocycles. The van der Waals surface area contributed by atoms with E-state index in [-0.39, 0.29) is 16.7 Å². The SMILES string of the molecule is C[C@@H](O)[C@@H](N)c1ccc(SC(F)(F)F)cc1. The largest absolute Gasteiger partial charge is 0.446 e. The summed E-state index contributed by atoms with van der Waals surface area (Å²) < 4.78 is 36.1. The van der Waals surface area contributed by atoms with Gasteiger partial charge in [0.15, 0.2) is 0 Å². The van der Waals surface area contributed by atoms with E-state index in [1.165, 1.54) is 31.2 Å². The Morgan fingerprint density at radius 2 is 1.75 bits per heavy atom. The standard InChI is InChI=1S/C10H12F3NOS/c1-6(15)9(14)7-2-4-8(5-3-7)16-10(11,12)13/h2-6,9,15H,14H2,1H3/t6-,9-/m1/s1. The summed E-state index contributed by atoms with van der Waals surface area (Å²) in [6, 6.07) is 5.09. The van der Waals surface area contributed by atoms with Crippen molar-refractivity contribution in [3.05, 3.63) is 29.8 Å². The molecule has 0 bridgehead atoms. The van der Waals surface area contributed by atoms with Crippen LogP contribution in [0.5, 0.6) is 0 Å². The van der Waals surface area contributed by atoms with Crippen LogP contribution >= 0.6 is 11.8 Å². The number of alkyl halides is 3. The smallest absolute Gasteiger partial charge is 0.391 e. The molecule has 3 N–H and O–H groups in total. The number of benzene rings is 1. The van der Waals surface area contributed by atoms with Crippen LogP contribution in [0.4, 0.5) is 13.2 Å². The molecule has 0 aliphatic heterocycles. The summed E-state index contributed by atoms with van der Waals surface area (Å²) >= 11 is -0.174. The van der Waals surface area contributed by atoms with Crippen molar-refractivity contribution in [3.8, 4) is 0 Å². The van der Waals surface area contributed by atoms with E-state index in [9.17, 15) is 18.3 Å². The average Bonchev–Trinajstić information content (AvgIpc) is 2.15. The third-order valence-corrected chi connectivity index (χ3v) is 2.76. The van der Waals surface area contributed by atoms with E-state index in [1.54, 1.807) is 0 Å². The lowest BCUT2D eigenvalue weighted by atomic mass is 10.0. The zero-order chi connectivity index (χ0) is 12.3. The maximum Gasteiger partial charge on any atom is 0.446 e. The second-order valence-corrected chi connectivity index (χ2v) is 4.52. The monoisotopic (exact) mass is 251 g/mol. The second-order valence-electron chi connectivity index (χ2n) is 3.38. The van der Waals surface area contributed by atoms with Gasteiger partial charge in [0.25, 0.3) is 0 Å². The van der Waals surface area contributed by atoms with Crippen LogP contribution in [0.1, 0.15) is 18.5 Å². The van der Waals surface area contributed by atoms with E-state index in [2.05, 4.69) is 0 Å². The maximum atomic E-state index is 12.0. The molecule has 0 saturated heterocycles. The molecule has 0 spiro atoms. The Morgan fingerprint density at radius 3 is 2.12 bits per heavy atom. The summed E-state index contributed by atoms with van der Waals surface area (Å²) in [6.45, 7) is 1.53. The first-order valence-electron chi connectivity index (χ1n) is 4.59. The highest BCUT2D eigenvalue weighted by molar-refractivity contribution is 8.00. The van der Waals surface area contributed by atoms with E-state index in [1.807, 2.05) is 0 Å². The van der Waals surface area contributed by atoms with Gasteiger partial charge in [-0.2, -0.15) is 13.2 Å². The zero-order valence-electron chi connectivity index (χ0n) is 8.53. The molecule has 0 aliphatic carbocycles. The lowest BCUT2D eigenvalue weighted by Gasteiger charge is -2.15. The number of halogens is 3. The highest BCUT2D eigenvalue weighted by Crippen LogP contribution is 2.36. The fraction of sp³-hybridized carbons (Fsp3) is 0.400. The van der Waals surface area contributed by atoms with Crippen molar-refractivity contribution < 1.29 is 18.3 Å². The molecule has 1 aromatic carbocycles. The first kappa shape index (κ1) is 13.3. The number of rotatable bonds is 3. The van der Waals surface area contributed by atoms with Gasteiger partial charge in [0.2, 0.25) is 0 Å². The molecule has 0 fully saturated rings. The van der Waals surface area contributed by atoms with Crippen LogP contribution in [0.3, 0.4) is 0 Å². The van der Waals surface area contributed by atoms with Crippen LogP contribution in [0.2, 0.25) is 0 Å². The molecule has 0 aromatic heterocycles. The minimum absolute atomic E-state index is 0.106. The van der Waals surface area contributed by atoms with Crippen molar-refractivity contribution in [2.24, 2.45) is 5.73 Å². The molecule has 16 heavy (non-hydrogen) atoms. The van der Waals surface area contributed by atoms with Crippen molar-refractivity contribution in [3.63, 3.8) is 0 Å². The van der Waals surface area contributed by atoms with Gasteiger partial charge in [-0.1, -0.05) is 12.1 Å². The van der Waals surface area contributed by atoms with Gasteiger partial charge in [-0.25, -0.2) is 0 Å². The Hall–Kier alpha value is -0.720. The number of nitrogens with two attached hydrogens (primary N) is 1. The fourth-order valence-electron chi connectivity index (χ4n) is 1.17. The van der Waals surface area contributed by atoms with Crippen LogP contribution in [-0.2, 0) is 0 Å². The Morgan fingerprint density at radius 1 is 1.25 bits per heavy atom. The summed E-state index contributed by atoms with van der Waals surface area (Å²) in [5.41, 5.74) is 1.96. The van der Waals surface area contributed by atoms with Gasteiger partial charge in [0, 0.05) is 4.90 Å². The van der Waals surface area contributed by atoms with Crippen LogP contribution in [0, 0.1) is 0 Å². The number of hydrogen-bond acceptors (Lipinski definition) is 3. The summed E-state index contributed by atoms with van der Waals surface area (Å²) in [5, 5.41) is 9.22. The normalized spacial score (nSPS) is 15.9. The summed E-state index contributed by atoms with van der Waals surface area (Å²) in [7, 11) is 0. The van der Waals surface area contributed by atoms with Crippen molar-refractivity contribution in [2.45, 2.75) is 29.5 Å². The summed E-state index contributed by atoms with van der Waals surface area (Å²) in [4.78, 5) is 0.106. The number of hydrogen-bond donors (Lipinski definition) is 2. The van der Waals surface area contributed by atoms with Crippen LogP contribution < -0.4 is 5.73 Å². The highest BCUT2D eigenvalue weighted by Gasteiger charge is 2.29. The van der Waals surface area contributed by atoms with Gasteiger partial charge in [-0.3, -0.25) is 0 Å². The first-order chi connectivity index (χ1) is 7.29. The Kier molecular flexibility index (Phi) is 4.23. The molecule has 0 aliphatic rings. The number of aliphatic hydroxyl groups excluding tert-OH is 1. The first-order valence-corrected chi connectivity index (χ1v) is 5.40. The van der Waals surface area contributed by atoms with Crippen molar-refractivity contribution in [2.75, 3.05) is 0 Å². The van der Waals surface area contributed by atoms with E-state index in [4.69, 9.17) is 5.73 Å². The second kappa shape index (κ2) is 5.07. The van der Waals surface area contributed by atoms with E-state index < -0.39 is 17.7 Å². The molecular formula is C10H12F3NOS. The van der Waals surface area contributed by atoms with E-state index >= 15 is 0 Å². The molecule has 2 nitrogen and oxygen atoms in total. The van der Waals surface area contributed by atoms with Gasteiger partial charge < -0.3 is 10.8 Å². The maximum absolute atomic E-state index is 12.0. The molecule has 90 valence electrons. The van der Waals surface area contributed by atoms with Gasteiger partial charge in [0.1, 0.15) is 0 Å². The third-order valence-electron chi connectivity index (χ3n) is 2.02. The number of thioether (sulfide) groups is 1. The molecule has 0 saturated carbocycles. The zero-order valence-corrected chi connectivity index (χ0v) is 9.35. The van der Waals surface area contributed by atoms with Crippen LogP contribution in [0.15, 0.2) is 29.2 Å². The van der Waals surface area contributed by atoms with Crippen molar-refractivity contribution >= 4 is 11.8 Å². The molecule has 1 aromatic rings. The van der Waals surface area contributed by atoms with Gasteiger partial charge in [-0.15, -0.1) is 0 Å². The lowest BCUT2D eigenvalue weighted by Crippen LogP contribution is -2.22. The predicted molar refractivity (Wildman–Crippen MR) is 57.0 cm³/mol. The Labute approximate surface area is 95.6 Å². The van der Waals surface area contributed by atoms with Crippen LogP contribution in [-0.4, -0.2) is 16.7 Å². The molecule has 1 rings (SSSR count). The van der Waals surface area contributed by atoms with E-state index in [0.717, 1.165) is 0 Å². The van der Waals surface area contributed by atoms with Crippen molar-refractivity contribution in [1.82, 2.24) is 0 Å². The molecule has 6 heteroatoms. The van der Waals surface area contributed by atoms with Gasteiger partial charge >= 0.3 is 5.51 Å². The number of aliphatic hydroxyl groups is 1. The molecule has 0 radical (unpaired) electrons. The Balaban J connectivity index is 2.76. The summed E-state index contributed by atoms with van der Waals surface area (Å²) in [6.07, 6.45) is -0.735. The van der Waals surface area contributed by atoms with Crippen molar-refractivity contribution in [1.29, 1.82) is 0 Å².